The summed E-state index contributed by atoms with van der Waals surface area (Å²) in [6.45, 7) is 2.36. The summed E-state index contributed by atoms with van der Waals surface area (Å²) in [5.74, 6) is -0.296. The van der Waals surface area contributed by atoms with Gasteiger partial charge >= 0.3 is 0 Å². The molecule has 4 rings (SSSR count). The molecule has 1 fully saturated rings. The first-order chi connectivity index (χ1) is 16.4. The molecular weight excluding hydrogens is 468 g/mol. The predicted octanol–water partition coefficient (Wildman–Crippen LogP) is 5.19. The Labute approximate surface area is 205 Å². The quantitative estimate of drug-likeness (QED) is 0.487. The van der Waals surface area contributed by atoms with Gasteiger partial charge in [0.25, 0.3) is 0 Å². The van der Waals surface area contributed by atoms with Gasteiger partial charge in [-0.3, -0.25) is 4.79 Å². The third-order valence-electron chi connectivity index (χ3n) is 5.81. The van der Waals surface area contributed by atoms with E-state index in [0.29, 0.717) is 25.1 Å². The minimum atomic E-state index is -3.79. The first kappa shape index (κ1) is 24.3. The Kier molecular flexibility index (Phi) is 7.60. The van der Waals surface area contributed by atoms with Crippen LogP contribution in [0.5, 0.6) is 5.75 Å². The lowest BCUT2D eigenvalue weighted by Gasteiger charge is -2.31. The second-order valence-corrected chi connectivity index (χ2v) is 11.3. The van der Waals surface area contributed by atoms with Gasteiger partial charge in [0, 0.05) is 22.9 Å². The first-order valence-corrected chi connectivity index (χ1v) is 13.4. The molecule has 0 radical (unpaired) electrons. The molecule has 1 amide bonds. The molecule has 1 N–H and O–H groups in total. The largest absolute Gasteiger partial charge is 0.495 e. The number of hydrogen-bond donors (Lipinski definition) is 1. The maximum atomic E-state index is 13.4. The lowest BCUT2D eigenvalue weighted by Crippen LogP contribution is -2.43. The van der Waals surface area contributed by atoms with E-state index < -0.39 is 15.9 Å². The molecule has 34 heavy (non-hydrogen) atoms. The molecule has 0 aliphatic carbocycles. The highest BCUT2D eigenvalue weighted by molar-refractivity contribution is 7.99. The number of anilines is 1. The fourth-order valence-corrected chi connectivity index (χ4v) is 6.70. The zero-order chi connectivity index (χ0) is 24.1. The number of amides is 1. The average molecular weight is 497 g/mol. The van der Waals surface area contributed by atoms with Crippen molar-refractivity contribution in [1.29, 1.82) is 0 Å². The van der Waals surface area contributed by atoms with E-state index in [2.05, 4.69) is 5.32 Å². The van der Waals surface area contributed by atoms with Gasteiger partial charge in [-0.2, -0.15) is 4.31 Å². The van der Waals surface area contributed by atoms with E-state index in [1.807, 2.05) is 67.6 Å². The molecule has 0 bridgehead atoms. The number of hydrogen-bond acceptors (Lipinski definition) is 5. The summed E-state index contributed by atoms with van der Waals surface area (Å²) in [6, 6.07) is 22.7. The lowest BCUT2D eigenvalue weighted by molar-refractivity contribution is -0.120. The van der Waals surface area contributed by atoms with E-state index in [0.717, 1.165) is 21.0 Å². The summed E-state index contributed by atoms with van der Waals surface area (Å²) in [4.78, 5) is 15.3. The zero-order valence-electron chi connectivity index (χ0n) is 19.2. The number of piperidine rings is 1. The molecule has 0 saturated carbocycles. The third-order valence-corrected chi connectivity index (χ3v) is 8.78. The molecule has 0 aromatic heterocycles. The van der Waals surface area contributed by atoms with Crippen molar-refractivity contribution >= 4 is 33.4 Å². The van der Waals surface area contributed by atoms with Crippen LogP contribution in [0.4, 0.5) is 5.69 Å². The van der Waals surface area contributed by atoms with Gasteiger partial charge in [0.1, 0.15) is 10.6 Å². The van der Waals surface area contributed by atoms with Crippen LogP contribution >= 0.6 is 11.8 Å². The van der Waals surface area contributed by atoms with Crippen LogP contribution in [0.15, 0.2) is 87.5 Å². The molecular formula is C26H28N2O4S2. The van der Waals surface area contributed by atoms with E-state index in [1.54, 1.807) is 23.9 Å². The Hall–Kier alpha value is -2.81. The van der Waals surface area contributed by atoms with Gasteiger partial charge in [0.05, 0.1) is 18.7 Å². The van der Waals surface area contributed by atoms with Crippen LogP contribution in [0.2, 0.25) is 0 Å². The number of carbonyl (C=O) groups excluding carboxylic acids is 1. The van der Waals surface area contributed by atoms with E-state index in [9.17, 15) is 13.2 Å². The molecule has 8 heteroatoms. The van der Waals surface area contributed by atoms with Crippen LogP contribution in [-0.2, 0) is 14.8 Å². The van der Waals surface area contributed by atoms with Crippen molar-refractivity contribution in [3.05, 3.63) is 78.4 Å². The molecule has 3 aromatic rings. The Bertz CT molecular complexity index is 1260. The van der Waals surface area contributed by atoms with Gasteiger partial charge in [0.15, 0.2) is 0 Å². The van der Waals surface area contributed by atoms with Crippen LogP contribution in [0.3, 0.4) is 0 Å². The normalized spacial score (nSPS) is 16.7. The molecule has 1 atom stereocenters. The summed E-state index contributed by atoms with van der Waals surface area (Å²) in [7, 11) is -2.33. The standard InChI is InChI=1S/C26H28N2O4S2/c1-19-14-15-23(32-2)25(17-19)34(30,31)28-16-8-9-20(18-28)26(29)27-22-12-6-7-13-24(22)33-21-10-4-3-5-11-21/h3-7,10-15,17,20H,8-9,16,18H2,1-2H3,(H,27,29)/t20-/m1/s1. The second kappa shape index (κ2) is 10.6. The summed E-state index contributed by atoms with van der Waals surface area (Å²) in [5.41, 5.74) is 1.56. The molecule has 178 valence electrons. The Morgan fingerprint density at radius 2 is 1.79 bits per heavy atom. The van der Waals surface area contributed by atoms with Crippen molar-refractivity contribution in [1.82, 2.24) is 4.31 Å². The van der Waals surface area contributed by atoms with Gasteiger partial charge < -0.3 is 10.1 Å². The fourth-order valence-electron chi connectivity index (χ4n) is 4.01. The van der Waals surface area contributed by atoms with Gasteiger partial charge in [-0.1, -0.05) is 48.2 Å². The topological polar surface area (TPSA) is 75.7 Å². The number of aryl methyl sites for hydroxylation is 1. The highest BCUT2D eigenvalue weighted by Crippen LogP contribution is 2.34. The second-order valence-electron chi connectivity index (χ2n) is 8.26. The van der Waals surface area contributed by atoms with E-state index in [1.165, 1.54) is 11.4 Å². The molecule has 3 aromatic carbocycles. The van der Waals surface area contributed by atoms with Crippen LogP contribution in [0, 0.1) is 12.8 Å². The van der Waals surface area contributed by atoms with Gasteiger partial charge in [-0.25, -0.2) is 8.42 Å². The van der Waals surface area contributed by atoms with Crippen molar-refractivity contribution in [2.24, 2.45) is 5.92 Å². The van der Waals surface area contributed by atoms with Crippen LogP contribution in [0.1, 0.15) is 18.4 Å². The zero-order valence-corrected chi connectivity index (χ0v) is 20.9. The van der Waals surface area contributed by atoms with Crippen molar-refractivity contribution in [2.75, 3.05) is 25.5 Å². The number of para-hydroxylation sites is 1. The molecule has 6 nitrogen and oxygen atoms in total. The van der Waals surface area contributed by atoms with Gasteiger partial charge in [-0.05, 0) is 61.7 Å². The van der Waals surface area contributed by atoms with E-state index in [4.69, 9.17) is 4.74 Å². The molecule has 0 unspecified atom stereocenters. The van der Waals surface area contributed by atoms with Crippen molar-refractivity contribution in [3.8, 4) is 5.75 Å². The van der Waals surface area contributed by atoms with Crippen LogP contribution < -0.4 is 10.1 Å². The number of benzene rings is 3. The predicted molar refractivity (Wildman–Crippen MR) is 135 cm³/mol. The highest BCUT2D eigenvalue weighted by atomic mass is 32.2. The van der Waals surface area contributed by atoms with Crippen molar-refractivity contribution in [2.45, 2.75) is 34.5 Å². The summed E-state index contributed by atoms with van der Waals surface area (Å²) >= 11 is 1.58. The maximum Gasteiger partial charge on any atom is 0.246 e. The van der Waals surface area contributed by atoms with E-state index in [-0.39, 0.29) is 17.3 Å². The van der Waals surface area contributed by atoms with Gasteiger partial charge in [-0.15, -0.1) is 0 Å². The number of methoxy groups -OCH3 is 1. The highest BCUT2D eigenvalue weighted by Gasteiger charge is 2.35. The van der Waals surface area contributed by atoms with Crippen molar-refractivity contribution in [3.63, 3.8) is 0 Å². The number of sulfonamides is 1. The number of rotatable bonds is 7. The fraction of sp³-hybridized carbons (Fsp3) is 0.269. The minimum Gasteiger partial charge on any atom is -0.495 e. The minimum absolute atomic E-state index is 0.138. The molecule has 1 aliphatic heterocycles. The molecule has 1 aliphatic rings. The van der Waals surface area contributed by atoms with E-state index >= 15 is 0 Å². The Morgan fingerprint density at radius 3 is 2.56 bits per heavy atom. The van der Waals surface area contributed by atoms with Gasteiger partial charge in [0.2, 0.25) is 15.9 Å². The summed E-state index contributed by atoms with van der Waals surface area (Å²) in [5, 5.41) is 3.04. The Morgan fingerprint density at radius 1 is 1.06 bits per heavy atom. The number of nitrogens with zero attached hydrogens (tertiary/aromatic N) is 1. The number of ether oxygens (including phenoxy) is 1. The van der Waals surface area contributed by atoms with Crippen LogP contribution in [-0.4, -0.2) is 38.8 Å². The SMILES string of the molecule is COc1ccc(C)cc1S(=O)(=O)N1CCC[C@@H](C(=O)Nc2ccccc2Sc2ccccc2)C1. The number of carbonyl (C=O) groups is 1. The number of nitrogens with one attached hydrogen (secondary N) is 1. The lowest BCUT2D eigenvalue weighted by atomic mass is 9.99. The molecule has 1 heterocycles. The average Bonchev–Trinajstić information content (AvgIpc) is 2.86. The third kappa shape index (κ3) is 5.46. The summed E-state index contributed by atoms with van der Waals surface area (Å²) in [6.07, 6.45) is 1.25. The summed E-state index contributed by atoms with van der Waals surface area (Å²) < 4.78 is 33.5. The molecule has 0 spiro atoms. The maximum absolute atomic E-state index is 13.4. The monoisotopic (exact) mass is 496 g/mol. The van der Waals surface area contributed by atoms with Crippen molar-refractivity contribution < 1.29 is 17.9 Å². The smallest absolute Gasteiger partial charge is 0.246 e. The molecule has 1 saturated heterocycles. The van der Waals surface area contributed by atoms with Crippen LogP contribution in [0.25, 0.3) is 0 Å². The first-order valence-electron chi connectivity index (χ1n) is 11.2. The Balaban J connectivity index is 1.50.